The Labute approximate surface area is 152 Å². The summed E-state index contributed by atoms with van der Waals surface area (Å²) in [6.07, 6.45) is -0.104. The first-order valence-electron chi connectivity index (χ1n) is 9.60. The topological polar surface area (TPSA) is 26.3 Å². The number of ether oxygens (including phenoxy) is 1. The van der Waals surface area contributed by atoms with Gasteiger partial charge in [0.25, 0.3) is 0 Å². The van der Waals surface area contributed by atoms with Gasteiger partial charge in [0.15, 0.2) is 0 Å². The fourth-order valence-electron chi connectivity index (χ4n) is 3.81. The SMILES string of the molecule is C[C@@H](OC(=O)c1ccc(C[N+]23CC[N+](C)(CC2)CC3)cc1)C(C)(C)C. The Kier molecular flexibility index (Phi) is 4.71. The number of esters is 1. The average molecular weight is 347 g/mol. The van der Waals surface area contributed by atoms with E-state index in [-0.39, 0.29) is 17.5 Å². The Morgan fingerprint density at radius 1 is 1.04 bits per heavy atom. The van der Waals surface area contributed by atoms with Gasteiger partial charge in [-0.2, -0.15) is 0 Å². The number of piperazine rings is 3. The number of rotatable bonds is 4. The summed E-state index contributed by atoms with van der Waals surface area (Å²) < 4.78 is 8.09. The quantitative estimate of drug-likeness (QED) is 0.619. The van der Waals surface area contributed by atoms with Crippen LogP contribution in [0, 0.1) is 5.41 Å². The van der Waals surface area contributed by atoms with Crippen molar-refractivity contribution in [1.82, 2.24) is 0 Å². The molecule has 4 nitrogen and oxygen atoms in total. The molecular weight excluding hydrogens is 312 g/mol. The van der Waals surface area contributed by atoms with Gasteiger partial charge in [0.1, 0.15) is 51.9 Å². The highest BCUT2D eigenvalue weighted by atomic mass is 16.5. The van der Waals surface area contributed by atoms with Gasteiger partial charge in [0.05, 0.1) is 12.6 Å². The standard InChI is InChI=1S/C21H34N2O2/c1-17(21(2,3)4)25-20(24)19-8-6-18(7-9-19)16-23-13-10-22(5,11-14-23)12-15-23/h6-9,17H,10-16H2,1-5H3/q+2/t17-,22?,23?/m1/s1. The molecule has 0 unspecified atom stereocenters. The lowest BCUT2D eigenvalue weighted by Crippen LogP contribution is -2.73. The van der Waals surface area contributed by atoms with Gasteiger partial charge in [-0.1, -0.05) is 32.9 Å². The van der Waals surface area contributed by atoms with Crippen LogP contribution in [0.25, 0.3) is 0 Å². The minimum Gasteiger partial charge on any atom is -0.459 e. The number of fused-ring (bicyclic) bond motifs is 3. The van der Waals surface area contributed by atoms with E-state index in [1.54, 1.807) is 0 Å². The summed E-state index contributed by atoms with van der Waals surface area (Å²) in [6.45, 7) is 17.1. The molecule has 0 amide bonds. The molecule has 25 heavy (non-hydrogen) atoms. The van der Waals surface area contributed by atoms with Gasteiger partial charge in [0.2, 0.25) is 0 Å². The van der Waals surface area contributed by atoms with E-state index in [0.29, 0.717) is 5.56 Å². The van der Waals surface area contributed by atoms with E-state index in [9.17, 15) is 4.79 Å². The Balaban J connectivity index is 1.62. The minimum atomic E-state index is -0.218. The van der Waals surface area contributed by atoms with Crippen molar-refractivity contribution in [2.75, 3.05) is 46.3 Å². The third-order valence-electron chi connectivity index (χ3n) is 6.55. The predicted octanol–water partition coefficient (Wildman–Crippen LogP) is 3.07. The Morgan fingerprint density at radius 2 is 1.56 bits per heavy atom. The summed E-state index contributed by atoms with van der Waals surface area (Å²) in [5.74, 6) is -0.218. The highest BCUT2D eigenvalue weighted by molar-refractivity contribution is 5.89. The van der Waals surface area contributed by atoms with E-state index < -0.39 is 0 Å². The normalized spacial score (nSPS) is 30.1. The molecule has 3 aliphatic heterocycles. The van der Waals surface area contributed by atoms with E-state index in [0.717, 1.165) is 6.54 Å². The highest BCUT2D eigenvalue weighted by Crippen LogP contribution is 2.27. The van der Waals surface area contributed by atoms with E-state index in [1.165, 1.54) is 53.8 Å². The number of benzene rings is 1. The van der Waals surface area contributed by atoms with Gasteiger partial charge in [-0.15, -0.1) is 0 Å². The second-order valence-corrected chi connectivity index (χ2v) is 9.57. The number of hydrogen-bond donors (Lipinski definition) is 0. The van der Waals surface area contributed by atoms with Crippen LogP contribution >= 0.6 is 0 Å². The maximum Gasteiger partial charge on any atom is 0.338 e. The van der Waals surface area contributed by atoms with Gasteiger partial charge < -0.3 is 13.7 Å². The van der Waals surface area contributed by atoms with E-state index in [2.05, 4.69) is 40.0 Å². The molecule has 3 fully saturated rings. The van der Waals surface area contributed by atoms with Gasteiger partial charge >= 0.3 is 5.97 Å². The number of carbonyl (C=O) groups excluding carboxylic acids is 1. The summed E-state index contributed by atoms with van der Waals surface area (Å²) >= 11 is 0. The van der Waals surface area contributed by atoms with Gasteiger partial charge in [-0.3, -0.25) is 0 Å². The first-order valence-corrected chi connectivity index (χ1v) is 9.60. The van der Waals surface area contributed by atoms with Crippen LogP contribution in [0.2, 0.25) is 0 Å². The molecule has 4 rings (SSSR count). The van der Waals surface area contributed by atoms with Crippen LogP contribution in [0.5, 0.6) is 0 Å². The molecule has 0 radical (unpaired) electrons. The molecule has 3 heterocycles. The Morgan fingerprint density at radius 3 is 2.04 bits per heavy atom. The molecule has 1 aromatic rings. The Bertz CT molecular complexity index is 606. The van der Waals surface area contributed by atoms with E-state index in [1.807, 2.05) is 19.1 Å². The van der Waals surface area contributed by atoms with Gasteiger partial charge in [-0.25, -0.2) is 4.79 Å². The van der Waals surface area contributed by atoms with Crippen LogP contribution in [-0.2, 0) is 11.3 Å². The van der Waals surface area contributed by atoms with Crippen LogP contribution in [0.1, 0.15) is 43.6 Å². The molecule has 0 saturated carbocycles. The van der Waals surface area contributed by atoms with Gasteiger partial charge in [-0.05, 0) is 24.5 Å². The van der Waals surface area contributed by atoms with Crippen LogP contribution in [-0.4, -0.2) is 67.4 Å². The fourth-order valence-corrected chi connectivity index (χ4v) is 3.81. The molecule has 138 valence electrons. The molecule has 1 aromatic carbocycles. The largest absolute Gasteiger partial charge is 0.459 e. The minimum absolute atomic E-state index is 0.0405. The van der Waals surface area contributed by atoms with Crippen LogP contribution < -0.4 is 0 Å². The summed E-state index contributed by atoms with van der Waals surface area (Å²) in [5, 5.41) is 0. The molecule has 3 saturated heterocycles. The average Bonchev–Trinajstić information content (AvgIpc) is 2.56. The highest BCUT2D eigenvalue weighted by Gasteiger charge is 2.46. The molecule has 1 atom stereocenters. The van der Waals surface area contributed by atoms with Crippen molar-refractivity contribution in [1.29, 1.82) is 0 Å². The zero-order valence-corrected chi connectivity index (χ0v) is 16.5. The zero-order valence-electron chi connectivity index (χ0n) is 16.5. The van der Waals surface area contributed by atoms with E-state index >= 15 is 0 Å². The van der Waals surface area contributed by atoms with Crippen molar-refractivity contribution in [2.45, 2.75) is 40.3 Å². The number of likely N-dealkylation sites (N-methyl/N-ethyl adjacent to an activating group) is 1. The predicted molar refractivity (Wildman–Crippen MR) is 100 cm³/mol. The molecule has 0 spiro atoms. The van der Waals surface area contributed by atoms with Gasteiger partial charge in [0, 0.05) is 5.56 Å². The second-order valence-electron chi connectivity index (χ2n) is 9.57. The molecule has 4 heteroatoms. The first kappa shape index (κ1) is 18.4. The smallest absolute Gasteiger partial charge is 0.338 e. The molecule has 0 aliphatic carbocycles. The second kappa shape index (κ2) is 6.40. The molecule has 3 aliphatic rings. The fraction of sp³-hybridized carbons (Fsp3) is 0.667. The van der Waals surface area contributed by atoms with Crippen molar-refractivity contribution in [2.24, 2.45) is 5.41 Å². The summed E-state index contributed by atoms with van der Waals surface area (Å²) in [5.41, 5.74) is 1.95. The summed E-state index contributed by atoms with van der Waals surface area (Å²) in [6, 6.07) is 8.09. The lowest BCUT2D eigenvalue weighted by atomic mass is 9.90. The maximum atomic E-state index is 12.3. The van der Waals surface area contributed by atoms with Crippen LogP contribution in [0.3, 0.4) is 0 Å². The van der Waals surface area contributed by atoms with Crippen LogP contribution in [0.15, 0.2) is 24.3 Å². The van der Waals surface area contributed by atoms with Crippen molar-refractivity contribution in [3.63, 3.8) is 0 Å². The summed E-state index contributed by atoms with van der Waals surface area (Å²) in [4.78, 5) is 12.3. The van der Waals surface area contributed by atoms with E-state index in [4.69, 9.17) is 4.74 Å². The lowest BCUT2D eigenvalue weighted by molar-refractivity contribution is -1.08. The maximum absolute atomic E-state index is 12.3. The monoisotopic (exact) mass is 346 g/mol. The lowest BCUT2D eigenvalue weighted by Gasteiger charge is -2.54. The summed E-state index contributed by atoms with van der Waals surface area (Å²) in [7, 11) is 2.39. The number of nitrogens with zero attached hydrogens (tertiary/aromatic N) is 2. The van der Waals surface area contributed by atoms with Crippen molar-refractivity contribution in [3.05, 3.63) is 35.4 Å². The van der Waals surface area contributed by atoms with Crippen molar-refractivity contribution < 1.29 is 18.5 Å². The van der Waals surface area contributed by atoms with Crippen molar-refractivity contribution >= 4 is 5.97 Å². The third kappa shape index (κ3) is 4.06. The molecule has 0 aromatic heterocycles. The number of hydrogen-bond acceptors (Lipinski definition) is 2. The zero-order chi connectivity index (χ0) is 18.3. The van der Waals surface area contributed by atoms with Crippen molar-refractivity contribution in [3.8, 4) is 0 Å². The first-order chi connectivity index (χ1) is 11.6. The van der Waals surface area contributed by atoms with Crippen LogP contribution in [0.4, 0.5) is 0 Å². The molecule has 0 N–H and O–H groups in total. The molecule has 2 bridgehead atoms. The Hall–Kier alpha value is -1.39. The number of carbonyl (C=O) groups is 1. The third-order valence-corrected chi connectivity index (χ3v) is 6.55. The number of quaternary nitrogens is 2. The molecular formula is C21H34N2O2+2.